The van der Waals surface area contributed by atoms with Crippen LogP contribution in [-0.2, 0) is 9.53 Å². The Kier molecular flexibility index (Phi) is 4.88. The average Bonchev–Trinajstić information content (AvgIpc) is 1.99. The first-order chi connectivity index (χ1) is 4.70. The van der Waals surface area contributed by atoms with E-state index in [9.17, 15) is 4.79 Å². The molecule has 0 rings (SSSR count). The van der Waals surface area contributed by atoms with Crippen molar-refractivity contribution >= 4 is 5.91 Å². The fourth-order valence-corrected chi connectivity index (χ4v) is 0.377. The summed E-state index contributed by atoms with van der Waals surface area (Å²) in [7, 11) is 0. The second-order valence-electron chi connectivity index (χ2n) is 2.10. The van der Waals surface area contributed by atoms with Crippen LogP contribution in [0.3, 0.4) is 0 Å². The molecule has 1 amide bonds. The monoisotopic (exact) mass is 146 g/mol. The second kappa shape index (κ2) is 5.20. The van der Waals surface area contributed by atoms with Crippen molar-refractivity contribution in [3.05, 3.63) is 0 Å². The standard InChI is InChI=1S/C6H14N2O2/c1-3-5(2)10-4-6(9)8-7/h5H,3-4,7H2,1-2H3,(H,8,9). The molecule has 10 heavy (non-hydrogen) atoms. The van der Waals surface area contributed by atoms with Crippen LogP contribution in [0.1, 0.15) is 20.3 Å². The molecule has 4 nitrogen and oxygen atoms in total. The van der Waals surface area contributed by atoms with Gasteiger partial charge in [0.2, 0.25) is 0 Å². The van der Waals surface area contributed by atoms with E-state index in [0.29, 0.717) is 0 Å². The van der Waals surface area contributed by atoms with Gasteiger partial charge in [0.05, 0.1) is 6.10 Å². The largest absolute Gasteiger partial charge is 0.369 e. The first-order valence-corrected chi connectivity index (χ1v) is 3.31. The normalized spacial score (nSPS) is 12.7. The molecule has 0 spiro atoms. The molecule has 1 atom stereocenters. The highest BCUT2D eigenvalue weighted by molar-refractivity contribution is 5.76. The number of amides is 1. The van der Waals surface area contributed by atoms with Gasteiger partial charge >= 0.3 is 0 Å². The molecular weight excluding hydrogens is 132 g/mol. The SMILES string of the molecule is CCC(C)OCC(=O)NN. The smallest absolute Gasteiger partial charge is 0.259 e. The first kappa shape index (κ1) is 9.39. The van der Waals surface area contributed by atoms with Crippen molar-refractivity contribution in [3.63, 3.8) is 0 Å². The van der Waals surface area contributed by atoms with Gasteiger partial charge in [-0.25, -0.2) is 5.84 Å². The molecule has 60 valence electrons. The van der Waals surface area contributed by atoms with Gasteiger partial charge in [-0.3, -0.25) is 10.2 Å². The lowest BCUT2D eigenvalue weighted by atomic mass is 10.3. The van der Waals surface area contributed by atoms with Crippen LogP contribution in [0.4, 0.5) is 0 Å². The van der Waals surface area contributed by atoms with Crippen LogP contribution in [0.5, 0.6) is 0 Å². The summed E-state index contributed by atoms with van der Waals surface area (Å²) in [4.78, 5) is 10.5. The second-order valence-corrected chi connectivity index (χ2v) is 2.10. The quantitative estimate of drug-likeness (QED) is 0.328. The van der Waals surface area contributed by atoms with E-state index in [1.807, 2.05) is 19.3 Å². The van der Waals surface area contributed by atoms with Gasteiger partial charge in [0.25, 0.3) is 5.91 Å². The van der Waals surface area contributed by atoms with Gasteiger partial charge in [-0.05, 0) is 13.3 Å². The number of nitrogens with two attached hydrogens (primary N) is 1. The Balaban J connectivity index is 3.26. The summed E-state index contributed by atoms with van der Waals surface area (Å²) in [6.45, 7) is 3.94. The summed E-state index contributed by atoms with van der Waals surface area (Å²) in [6, 6.07) is 0. The molecule has 0 aromatic carbocycles. The summed E-state index contributed by atoms with van der Waals surface area (Å²) >= 11 is 0. The van der Waals surface area contributed by atoms with Crippen LogP contribution < -0.4 is 11.3 Å². The van der Waals surface area contributed by atoms with Crippen LogP contribution in [0.15, 0.2) is 0 Å². The van der Waals surface area contributed by atoms with Gasteiger partial charge in [0.15, 0.2) is 0 Å². The summed E-state index contributed by atoms with van der Waals surface area (Å²) in [5, 5.41) is 0. The number of hydrogen-bond acceptors (Lipinski definition) is 3. The van der Waals surface area contributed by atoms with Gasteiger partial charge in [0, 0.05) is 0 Å². The first-order valence-electron chi connectivity index (χ1n) is 3.31. The van der Waals surface area contributed by atoms with Gasteiger partial charge in [0.1, 0.15) is 6.61 Å². The van der Waals surface area contributed by atoms with Crippen molar-refractivity contribution in [2.45, 2.75) is 26.4 Å². The van der Waals surface area contributed by atoms with Crippen molar-refractivity contribution in [2.24, 2.45) is 5.84 Å². The number of hydrogen-bond donors (Lipinski definition) is 2. The molecule has 0 aliphatic carbocycles. The minimum atomic E-state index is -0.291. The van der Waals surface area contributed by atoms with E-state index in [4.69, 9.17) is 10.6 Å². The van der Waals surface area contributed by atoms with Gasteiger partial charge in [-0.2, -0.15) is 0 Å². The maximum Gasteiger partial charge on any atom is 0.259 e. The fraction of sp³-hybridized carbons (Fsp3) is 0.833. The van der Waals surface area contributed by atoms with E-state index in [1.165, 1.54) is 0 Å². The molecule has 0 aromatic heterocycles. The number of hydrazine groups is 1. The zero-order chi connectivity index (χ0) is 7.98. The van der Waals surface area contributed by atoms with Crippen LogP contribution in [0.2, 0.25) is 0 Å². The topological polar surface area (TPSA) is 64.3 Å². The number of carbonyl (C=O) groups is 1. The molecule has 3 N–H and O–H groups in total. The summed E-state index contributed by atoms with van der Waals surface area (Å²) in [5.74, 6) is 4.53. The fourth-order valence-electron chi connectivity index (χ4n) is 0.377. The molecule has 0 aliphatic rings. The van der Waals surface area contributed by atoms with E-state index >= 15 is 0 Å². The molecule has 0 saturated carbocycles. The third kappa shape index (κ3) is 4.29. The van der Waals surface area contributed by atoms with E-state index in [0.717, 1.165) is 6.42 Å². The molecule has 0 aromatic rings. The van der Waals surface area contributed by atoms with Crippen LogP contribution >= 0.6 is 0 Å². The van der Waals surface area contributed by atoms with E-state index in [-0.39, 0.29) is 18.6 Å². The molecule has 0 radical (unpaired) electrons. The Morgan fingerprint density at radius 3 is 2.80 bits per heavy atom. The predicted octanol–water partition coefficient (Wildman–Crippen LogP) is -0.209. The Morgan fingerprint density at radius 2 is 2.40 bits per heavy atom. The molecule has 0 saturated heterocycles. The highest BCUT2D eigenvalue weighted by Crippen LogP contribution is 1.93. The summed E-state index contributed by atoms with van der Waals surface area (Å²) in [5.41, 5.74) is 1.98. The maximum absolute atomic E-state index is 10.5. The van der Waals surface area contributed by atoms with Crippen molar-refractivity contribution in [1.82, 2.24) is 5.43 Å². The highest BCUT2D eigenvalue weighted by atomic mass is 16.5. The molecule has 1 unspecified atom stereocenters. The third-order valence-corrected chi connectivity index (χ3v) is 1.23. The van der Waals surface area contributed by atoms with Gasteiger partial charge in [-0.1, -0.05) is 6.92 Å². The van der Waals surface area contributed by atoms with Crippen molar-refractivity contribution < 1.29 is 9.53 Å². The molecule has 0 heterocycles. The highest BCUT2D eigenvalue weighted by Gasteiger charge is 2.01. The maximum atomic E-state index is 10.5. The van der Waals surface area contributed by atoms with E-state index in [2.05, 4.69) is 0 Å². The Morgan fingerprint density at radius 1 is 1.80 bits per heavy atom. The number of carbonyl (C=O) groups excluding carboxylic acids is 1. The Labute approximate surface area is 60.7 Å². The third-order valence-electron chi connectivity index (χ3n) is 1.23. The molecular formula is C6H14N2O2. The van der Waals surface area contributed by atoms with E-state index < -0.39 is 0 Å². The van der Waals surface area contributed by atoms with Crippen LogP contribution in [-0.4, -0.2) is 18.6 Å². The zero-order valence-corrected chi connectivity index (χ0v) is 6.39. The summed E-state index contributed by atoms with van der Waals surface area (Å²) < 4.78 is 5.05. The number of ether oxygens (including phenoxy) is 1. The molecule has 0 fully saturated rings. The molecule has 0 bridgehead atoms. The molecule has 0 aliphatic heterocycles. The Bertz CT molecular complexity index is 106. The summed E-state index contributed by atoms with van der Waals surface area (Å²) in [6.07, 6.45) is 1.02. The van der Waals surface area contributed by atoms with E-state index in [1.54, 1.807) is 0 Å². The minimum Gasteiger partial charge on any atom is -0.369 e. The lowest BCUT2D eigenvalue weighted by Gasteiger charge is -2.08. The van der Waals surface area contributed by atoms with Crippen molar-refractivity contribution in [3.8, 4) is 0 Å². The lowest BCUT2D eigenvalue weighted by Crippen LogP contribution is -2.34. The van der Waals surface area contributed by atoms with Crippen molar-refractivity contribution in [1.29, 1.82) is 0 Å². The minimum absolute atomic E-state index is 0.0471. The predicted molar refractivity (Wildman–Crippen MR) is 38.0 cm³/mol. The zero-order valence-electron chi connectivity index (χ0n) is 6.39. The number of rotatable bonds is 4. The Hall–Kier alpha value is -0.610. The van der Waals surface area contributed by atoms with Gasteiger partial charge < -0.3 is 4.74 Å². The molecule has 4 heteroatoms. The number of nitrogens with one attached hydrogen (secondary N) is 1. The van der Waals surface area contributed by atoms with Gasteiger partial charge in [-0.15, -0.1) is 0 Å². The average molecular weight is 146 g/mol. The lowest BCUT2D eigenvalue weighted by molar-refractivity contribution is -0.127. The van der Waals surface area contributed by atoms with Crippen LogP contribution in [0.25, 0.3) is 0 Å². The van der Waals surface area contributed by atoms with Crippen LogP contribution in [0, 0.1) is 0 Å². The van der Waals surface area contributed by atoms with Crippen molar-refractivity contribution in [2.75, 3.05) is 6.61 Å².